The van der Waals surface area contributed by atoms with Crippen LogP contribution in [0.2, 0.25) is 0 Å². The number of thioether (sulfide) groups is 2. The van der Waals surface area contributed by atoms with Crippen LogP contribution in [0.25, 0.3) is 0 Å². The number of nitrogens with one attached hydrogen (secondary N) is 2. The minimum Gasteiger partial charge on any atom is -0.325 e. The van der Waals surface area contributed by atoms with Gasteiger partial charge in [0.15, 0.2) is 5.16 Å². The summed E-state index contributed by atoms with van der Waals surface area (Å²) in [7, 11) is 0. The van der Waals surface area contributed by atoms with E-state index in [0.717, 1.165) is 22.5 Å². The normalized spacial score (nSPS) is 12.2. The summed E-state index contributed by atoms with van der Waals surface area (Å²) in [5, 5.41) is 3.54. The van der Waals surface area contributed by atoms with Gasteiger partial charge in [-0.2, -0.15) is 11.8 Å². The molecule has 0 fully saturated rings. The van der Waals surface area contributed by atoms with Crippen LogP contribution in [-0.2, 0) is 10.5 Å². The van der Waals surface area contributed by atoms with Crippen molar-refractivity contribution in [1.29, 1.82) is 0 Å². The molecule has 1 atom stereocenters. The number of aryl methyl sites for hydroxylation is 2. The highest BCUT2D eigenvalue weighted by Crippen LogP contribution is 2.24. The summed E-state index contributed by atoms with van der Waals surface area (Å²) in [4.78, 5) is 31.6. The number of aromatic nitrogens is 2. The number of nitrogens with zero attached hydrogens (tertiary/aromatic N) is 1. The third-order valence-electron chi connectivity index (χ3n) is 3.72. The number of hydrogen-bond acceptors (Lipinski definition) is 5. The van der Waals surface area contributed by atoms with E-state index in [4.69, 9.17) is 0 Å². The maximum absolute atomic E-state index is 12.6. The number of hydrogen-bond donors (Lipinski definition) is 2. The first-order chi connectivity index (χ1) is 12.3. The van der Waals surface area contributed by atoms with Crippen molar-refractivity contribution in [2.75, 3.05) is 5.32 Å². The van der Waals surface area contributed by atoms with Gasteiger partial charge in [0, 0.05) is 17.5 Å². The molecule has 0 aliphatic heterocycles. The van der Waals surface area contributed by atoms with Gasteiger partial charge in [0.1, 0.15) is 0 Å². The molecule has 1 aromatic heterocycles. The highest BCUT2D eigenvalue weighted by molar-refractivity contribution is 8.00. The number of anilines is 1. The Labute approximate surface area is 162 Å². The molecule has 2 aromatic rings. The number of H-pyrrole nitrogens is 1. The first kappa shape index (κ1) is 20.6. The summed E-state index contributed by atoms with van der Waals surface area (Å²) in [6, 6.07) is 7.42. The van der Waals surface area contributed by atoms with Gasteiger partial charge in [-0.05, 0) is 37.1 Å². The van der Waals surface area contributed by atoms with Crippen LogP contribution in [0.15, 0.2) is 34.2 Å². The van der Waals surface area contributed by atoms with Crippen LogP contribution in [0, 0.1) is 13.8 Å². The molecule has 0 saturated carbocycles. The van der Waals surface area contributed by atoms with Gasteiger partial charge in [-0.25, -0.2) is 4.98 Å². The smallest absolute Gasteiger partial charge is 0.251 e. The van der Waals surface area contributed by atoms with E-state index in [1.165, 1.54) is 17.8 Å². The molecule has 2 N–H and O–H groups in total. The Morgan fingerprint density at radius 3 is 2.50 bits per heavy atom. The van der Waals surface area contributed by atoms with E-state index < -0.39 is 0 Å². The summed E-state index contributed by atoms with van der Waals surface area (Å²) >= 11 is 2.99. The monoisotopic (exact) mass is 391 g/mol. The van der Waals surface area contributed by atoms with Crippen LogP contribution in [0.5, 0.6) is 0 Å². The van der Waals surface area contributed by atoms with E-state index >= 15 is 0 Å². The van der Waals surface area contributed by atoms with Gasteiger partial charge in [0.25, 0.3) is 5.56 Å². The van der Waals surface area contributed by atoms with E-state index in [1.807, 2.05) is 39.0 Å². The summed E-state index contributed by atoms with van der Waals surface area (Å²) in [5.41, 5.74) is 3.43. The Balaban J connectivity index is 2.07. The molecule has 1 amide bonds. The number of para-hydroxylation sites is 1. The van der Waals surface area contributed by atoms with Gasteiger partial charge < -0.3 is 10.3 Å². The molecule has 1 unspecified atom stereocenters. The zero-order chi connectivity index (χ0) is 19.3. The van der Waals surface area contributed by atoms with E-state index in [-0.39, 0.29) is 16.7 Å². The average Bonchev–Trinajstić information content (AvgIpc) is 2.55. The fourth-order valence-corrected chi connectivity index (χ4v) is 3.80. The van der Waals surface area contributed by atoms with Crippen molar-refractivity contribution < 1.29 is 4.79 Å². The van der Waals surface area contributed by atoms with Crippen LogP contribution >= 0.6 is 23.5 Å². The molecule has 2 rings (SSSR count). The van der Waals surface area contributed by atoms with Crippen LogP contribution < -0.4 is 10.9 Å². The molecule has 0 saturated heterocycles. The fourth-order valence-electron chi connectivity index (χ4n) is 2.32. The zero-order valence-electron chi connectivity index (χ0n) is 15.8. The van der Waals surface area contributed by atoms with Gasteiger partial charge in [-0.1, -0.05) is 43.8 Å². The van der Waals surface area contributed by atoms with Crippen molar-refractivity contribution >= 4 is 35.1 Å². The maximum atomic E-state index is 12.6. The summed E-state index contributed by atoms with van der Waals surface area (Å²) in [5.74, 6) is 0.565. The number of aromatic amines is 1. The molecule has 26 heavy (non-hydrogen) atoms. The predicted octanol–water partition coefficient (Wildman–Crippen LogP) is 4.15. The lowest BCUT2D eigenvalue weighted by Gasteiger charge is -2.15. The van der Waals surface area contributed by atoms with Crippen molar-refractivity contribution in [2.45, 2.75) is 56.0 Å². The molecule has 5 nitrogen and oxygen atoms in total. The highest BCUT2D eigenvalue weighted by atomic mass is 32.2. The molecular formula is C19H25N3O2S2. The first-order valence-electron chi connectivity index (χ1n) is 8.52. The van der Waals surface area contributed by atoms with Crippen molar-refractivity contribution in [3.8, 4) is 0 Å². The largest absolute Gasteiger partial charge is 0.325 e. The van der Waals surface area contributed by atoms with E-state index in [2.05, 4.69) is 29.1 Å². The number of benzene rings is 1. The van der Waals surface area contributed by atoms with Crippen LogP contribution in [0.1, 0.15) is 37.6 Å². The minimum atomic E-state index is -0.384. The molecule has 0 aliphatic carbocycles. The third kappa shape index (κ3) is 5.92. The Morgan fingerprint density at radius 1 is 1.23 bits per heavy atom. The van der Waals surface area contributed by atoms with Crippen LogP contribution in [-0.4, -0.2) is 26.4 Å². The number of rotatable bonds is 7. The summed E-state index contributed by atoms with van der Waals surface area (Å²) in [6.45, 7) is 9.95. The lowest BCUT2D eigenvalue weighted by molar-refractivity contribution is -0.115. The Morgan fingerprint density at radius 2 is 1.88 bits per heavy atom. The second-order valence-corrected chi connectivity index (χ2v) is 9.31. The molecule has 1 aromatic carbocycles. The lowest BCUT2D eigenvalue weighted by atomic mass is 10.1. The molecule has 0 aliphatic rings. The van der Waals surface area contributed by atoms with E-state index in [9.17, 15) is 9.59 Å². The number of carbonyl (C=O) groups is 1. The quantitative estimate of drug-likeness (QED) is 0.548. The SMILES string of the molecule is Cc1cccc(C)c1NC(=O)C(C)Sc1nc(CSC(C)C)cc(=O)[nH]1. The standard InChI is InChI=1S/C19H25N3O2S2/c1-11(2)25-10-15-9-16(23)21-19(20-15)26-14(5)18(24)22-17-12(3)7-6-8-13(17)4/h6-9,11,14H,10H2,1-5H3,(H,22,24)(H,20,21,23). The average molecular weight is 392 g/mol. The Hall–Kier alpha value is -1.73. The number of amides is 1. The van der Waals surface area contributed by atoms with Gasteiger partial charge in [0.2, 0.25) is 5.91 Å². The van der Waals surface area contributed by atoms with Gasteiger partial charge in [-0.15, -0.1) is 0 Å². The van der Waals surface area contributed by atoms with Gasteiger partial charge >= 0.3 is 0 Å². The summed E-state index contributed by atoms with van der Waals surface area (Å²) in [6.07, 6.45) is 0. The first-order valence-corrected chi connectivity index (χ1v) is 10.4. The van der Waals surface area contributed by atoms with Gasteiger partial charge in [0.05, 0.1) is 10.9 Å². The minimum absolute atomic E-state index is 0.114. The zero-order valence-corrected chi connectivity index (χ0v) is 17.4. The van der Waals surface area contributed by atoms with E-state index in [1.54, 1.807) is 11.8 Å². The van der Waals surface area contributed by atoms with Crippen molar-refractivity contribution in [2.24, 2.45) is 0 Å². The van der Waals surface area contributed by atoms with Crippen molar-refractivity contribution in [3.63, 3.8) is 0 Å². The molecular weight excluding hydrogens is 366 g/mol. The maximum Gasteiger partial charge on any atom is 0.251 e. The molecule has 140 valence electrons. The summed E-state index contributed by atoms with van der Waals surface area (Å²) < 4.78 is 0. The Kier molecular flexibility index (Phi) is 7.34. The van der Waals surface area contributed by atoms with Gasteiger partial charge in [-0.3, -0.25) is 9.59 Å². The fraction of sp³-hybridized carbons (Fsp3) is 0.421. The van der Waals surface area contributed by atoms with Crippen LogP contribution in [0.3, 0.4) is 0 Å². The lowest BCUT2D eigenvalue weighted by Crippen LogP contribution is -2.24. The molecule has 7 heteroatoms. The van der Waals surface area contributed by atoms with E-state index in [0.29, 0.717) is 16.2 Å². The van der Waals surface area contributed by atoms with Crippen molar-refractivity contribution in [1.82, 2.24) is 9.97 Å². The third-order valence-corrected chi connectivity index (χ3v) is 5.84. The highest BCUT2D eigenvalue weighted by Gasteiger charge is 2.18. The molecule has 0 radical (unpaired) electrons. The molecule has 0 bridgehead atoms. The van der Waals surface area contributed by atoms with Crippen molar-refractivity contribution in [3.05, 3.63) is 51.4 Å². The second-order valence-electron chi connectivity index (χ2n) is 6.42. The molecule has 0 spiro atoms. The molecule has 1 heterocycles. The Bertz CT molecular complexity index is 814. The topological polar surface area (TPSA) is 74.8 Å². The second kappa shape index (κ2) is 9.28. The number of carbonyl (C=O) groups excluding carboxylic acids is 1. The van der Waals surface area contributed by atoms with Crippen LogP contribution in [0.4, 0.5) is 5.69 Å². The predicted molar refractivity (Wildman–Crippen MR) is 111 cm³/mol.